The highest BCUT2D eigenvalue weighted by molar-refractivity contribution is 6.29. The van der Waals surface area contributed by atoms with Crippen LogP contribution in [-0.4, -0.2) is 42.6 Å². The lowest BCUT2D eigenvalue weighted by molar-refractivity contribution is -0.145. The van der Waals surface area contributed by atoms with Crippen molar-refractivity contribution in [2.45, 2.75) is 26.3 Å². The molecule has 27 heavy (non-hydrogen) atoms. The van der Waals surface area contributed by atoms with Crippen molar-refractivity contribution >= 4 is 40.3 Å². The minimum Gasteiger partial charge on any atom is -0.467 e. The Morgan fingerprint density at radius 3 is 2.59 bits per heavy atom. The Morgan fingerprint density at radius 1 is 1.19 bits per heavy atom. The summed E-state index contributed by atoms with van der Waals surface area (Å²) < 4.78 is 9.71. The van der Waals surface area contributed by atoms with Crippen LogP contribution in [-0.2, 0) is 19.1 Å². The third kappa shape index (κ3) is 5.92. The predicted octanol–water partition coefficient (Wildman–Crippen LogP) is 2.75. The molecule has 1 N–H and O–H groups in total. The van der Waals surface area contributed by atoms with Gasteiger partial charge in [-0.25, -0.2) is 14.6 Å². The summed E-state index contributed by atoms with van der Waals surface area (Å²) in [6, 6.07) is 7.37. The third-order valence-electron chi connectivity index (χ3n) is 3.75. The molecule has 1 unspecified atom stereocenters. The van der Waals surface area contributed by atoms with Gasteiger partial charge in [-0.05, 0) is 42.7 Å². The normalized spacial score (nSPS) is 11.9. The fraction of sp³-hybridized carbons (Fsp3) is 0.368. The van der Waals surface area contributed by atoms with Crippen LogP contribution >= 0.6 is 11.6 Å². The van der Waals surface area contributed by atoms with E-state index in [1.165, 1.54) is 7.11 Å². The number of carbonyl (C=O) groups excluding carboxylic acids is 3. The molecule has 0 radical (unpaired) electrons. The van der Waals surface area contributed by atoms with Crippen LogP contribution in [0.4, 0.5) is 0 Å². The molecule has 7 nitrogen and oxygen atoms in total. The standard InChI is InChI=1S/C19H21ClN2O5/c1-11(2)8-15(19(25)26-3)22-17(23)10-27-18(24)13-4-6-14-12(9-13)5-7-16(20)21-14/h4-7,9,11,15H,8,10H2,1-3H3,(H,22,23). The Balaban J connectivity index is 1.96. The van der Waals surface area contributed by atoms with Crippen LogP contribution in [0.3, 0.4) is 0 Å². The maximum atomic E-state index is 12.2. The molecule has 0 spiro atoms. The topological polar surface area (TPSA) is 94.6 Å². The Morgan fingerprint density at radius 2 is 1.93 bits per heavy atom. The van der Waals surface area contributed by atoms with Crippen LogP contribution in [0.5, 0.6) is 0 Å². The van der Waals surface area contributed by atoms with E-state index in [0.29, 0.717) is 17.1 Å². The number of hydrogen-bond acceptors (Lipinski definition) is 6. The number of halogens is 1. The number of nitrogens with one attached hydrogen (secondary N) is 1. The summed E-state index contributed by atoms with van der Waals surface area (Å²) in [6.45, 7) is 3.34. The van der Waals surface area contributed by atoms with E-state index in [0.717, 1.165) is 5.39 Å². The van der Waals surface area contributed by atoms with Crippen molar-refractivity contribution in [3.8, 4) is 0 Å². The molecule has 144 valence electrons. The summed E-state index contributed by atoms with van der Waals surface area (Å²) in [7, 11) is 1.25. The van der Waals surface area contributed by atoms with Gasteiger partial charge in [0, 0.05) is 5.39 Å². The molecule has 0 aliphatic rings. The van der Waals surface area contributed by atoms with Crippen molar-refractivity contribution < 1.29 is 23.9 Å². The number of methoxy groups -OCH3 is 1. The minimum absolute atomic E-state index is 0.177. The second-order valence-electron chi connectivity index (χ2n) is 6.39. The number of benzene rings is 1. The lowest BCUT2D eigenvalue weighted by atomic mass is 10.0. The van der Waals surface area contributed by atoms with E-state index >= 15 is 0 Å². The van der Waals surface area contributed by atoms with Crippen molar-refractivity contribution in [3.05, 3.63) is 41.0 Å². The lowest BCUT2D eigenvalue weighted by Crippen LogP contribution is -2.44. The molecule has 0 saturated heterocycles. The van der Waals surface area contributed by atoms with Crippen molar-refractivity contribution in [3.63, 3.8) is 0 Å². The predicted molar refractivity (Wildman–Crippen MR) is 100 cm³/mol. The highest BCUT2D eigenvalue weighted by atomic mass is 35.5. The van der Waals surface area contributed by atoms with Gasteiger partial charge in [0.25, 0.3) is 5.91 Å². The molecular formula is C19H21ClN2O5. The number of carbonyl (C=O) groups is 3. The largest absolute Gasteiger partial charge is 0.467 e. The zero-order valence-corrected chi connectivity index (χ0v) is 16.1. The first-order valence-corrected chi connectivity index (χ1v) is 8.78. The summed E-state index contributed by atoms with van der Waals surface area (Å²) in [5.41, 5.74) is 0.928. The average molecular weight is 393 g/mol. The van der Waals surface area contributed by atoms with Crippen LogP contribution < -0.4 is 5.32 Å². The average Bonchev–Trinajstić information content (AvgIpc) is 2.64. The molecule has 0 bridgehead atoms. The maximum absolute atomic E-state index is 12.2. The minimum atomic E-state index is -0.780. The van der Waals surface area contributed by atoms with Gasteiger partial charge in [0.2, 0.25) is 0 Å². The van der Waals surface area contributed by atoms with Crippen molar-refractivity contribution in [1.82, 2.24) is 10.3 Å². The molecule has 0 aliphatic carbocycles. The molecule has 1 aromatic carbocycles. The summed E-state index contributed by atoms with van der Waals surface area (Å²) >= 11 is 5.83. The summed E-state index contributed by atoms with van der Waals surface area (Å²) in [5.74, 6) is -1.59. The van der Waals surface area contributed by atoms with E-state index in [1.807, 2.05) is 13.8 Å². The Labute approximate surface area is 162 Å². The number of rotatable bonds is 7. The quantitative estimate of drug-likeness (QED) is 0.575. The number of nitrogens with zero attached hydrogens (tertiary/aromatic N) is 1. The van der Waals surface area contributed by atoms with Gasteiger partial charge in [-0.1, -0.05) is 25.4 Å². The Kier molecular flexibility index (Phi) is 7.12. The fourth-order valence-electron chi connectivity index (χ4n) is 2.51. The van der Waals surface area contributed by atoms with Gasteiger partial charge in [-0.3, -0.25) is 4.79 Å². The monoisotopic (exact) mass is 392 g/mol. The van der Waals surface area contributed by atoms with E-state index in [1.54, 1.807) is 30.3 Å². The molecule has 8 heteroatoms. The van der Waals surface area contributed by atoms with Gasteiger partial charge in [-0.15, -0.1) is 0 Å². The molecular weight excluding hydrogens is 372 g/mol. The SMILES string of the molecule is COC(=O)C(CC(C)C)NC(=O)COC(=O)c1ccc2nc(Cl)ccc2c1. The molecule has 1 aromatic heterocycles. The van der Waals surface area contributed by atoms with E-state index in [2.05, 4.69) is 15.0 Å². The van der Waals surface area contributed by atoms with Crippen molar-refractivity contribution in [2.24, 2.45) is 5.92 Å². The molecule has 1 heterocycles. The van der Waals surface area contributed by atoms with Gasteiger partial charge >= 0.3 is 11.9 Å². The lowest BCUT2D eigenvalue weighted by Gasteiger charge is -2.18. The molecule has 0 fully saturated rings. The number of fused-ring (bicyclic) bond motifs is 1. The van der Waals surface area contributed by atoms with Gasteiger partial charge in [0.05, 0.1) is 18.2 Å². The fourth-order valence-corrected chi connectivity index (χ4v) is 2.66. The maximum Gasteiger partial charge on any atom is 0.338 e. The van der Waals surface area contributed by atoms with E-state index in [-0.39, 0.29) is 11.5 Å². The Bertz CT molecular complexity index is 853. The molecule has 2 rings (SSSR count). The van der Waals surface area contributed by atoms with E-state index < -0.39 is 30.5 Å². The number of esters is 2. The Hall–Kier alpha value is -2.67. The zero-order valence-electron chi connectivity index (χ0n) is 15.3. The van der Waals surface area contributed by atoms with Crippen LogP contribution in [0, 0.1) is 5.92 Å². The summed E-state index contributed by atoms with van der Waals surface area (Å²) in [5, 5.41) is 3.61. The van der Waals surface area contributed by atoms with Gasteiger partial charge < -0.3 is 14.8 Å². The molecule has 0 saturated carbocycles. The van der Waals surface area contributed by atoms with Crippen molar-refractivity contribution in [1.29, 1.82) is 0 Å². The van der Waals surface area contributed by atoms with Gasteiger partial charge in [0.15, 0.2) is 6.61 Å². The smallest absolute Gasteiger partial charge is 0.338 e. The van der Waals surface area contributed by atoms with E-state index in [9.17, 15) is 14.4 Å². The molecule has 0 aliphatic heterocycles. The number of pyridine rings is 1. The first-order valence-electron chi connectivity index (χ1n) is 8.40. The first kappa shape index (κ1) is 20.6. The van der Waals surface area contributed by atoms with Crippen LogP contribution in [0.15, 0.2) is 30.3 Å². The number of amides is 1. The van der Waals surface area contributed by atoms with Gasteiger partial charge in [-0.2, -0.15) is 0 Å². The third-order valence-corrected chi connectivity index (χ3v) is 3.96. The van der Waals surface area contributed by atoms with Crippen LogP contribution in [0.1, 0.15) is 30.6 Å². The second kappa shape index (κ2) is 9.32. The highest BCUT2D eigenvalue weighted by Crippen LogP contribution is 2.17. The first-order chi connectivity index (χ1) is 12.8. The van der Waals surface area contributed by atoms with Crippen LogP contribution in [0.25, 0.3) is 10.9 Å². The number of aromatic nitrogens is 1. The molecule has 1 atom stereocenters. The zero-order chi connectivity index (χ0) is 20.0. The van der Waals surface area contributed by atoms with E-state index in [4.69, 9.17) is 16.3 Å². The van der Waals surface area contributed by atoms with Crippen LogP contribution in [0.2, 0.25) is 5.15 Å². The number of ether oxygens (including phenoxy) is 2. The van der Waals surface area contributed by atoms with Crippen molar-refractivity contribution in [2.75, 3.05) is 13.7 Å². The summed E-state index contributed by atoms with van der Waals surface area (Å²) in [4.78, 5) is 40.1. The number of hydrogen-bond donors (Lipinski definition) is 1. The molecule has 1 amide bonds. The summed E-state index contributed by atoms with van der Waals surface area (Å²) in [6.07, 6.45) is 0.423. The van der Waals surface area contributed by atoms with Gasteiger partial charge in [0.1, 0.15) is 11.2 Å². The highest BCUT2D eigenvalue weighted by Gasteiger charge is 2.23. The second-order valence-corrected chi connectivity index (χ2v) is 6.78. The molecule has 2 aromatic rings.